The Morgan fingerprint density at radius 2 is 1.04 bits per heavy atom. The largest absolute Gasteiger partial charge is 0.252 e. The van der Waals surface area contributed by atoms with Crippen LogP contribution in [0.3, 0.4) is 0 Å². The topological polar surface area (TPSA) is 12.4 Å². The lowest BCUT2D eigenvalue weighted by molar-refractivity contribution is 0.706. The van der Waals surface area contributed by atoms with Gasteiger partial charge in [-0.1, -0.05) is 103 Å². The van der Waals surface area contributed by atoms with Gasteiger partial charge in [-0.3, -0.25) is 4.99 Å². The molecule has 4 aromatic rings. The van der Waals surface area contributed by atoms with E-state index < -0.39 is 0 Å². The van der Waals surface area contributed by atoms with Crippen molar-refractivity contribution >= 4 is 11.4 Å². The fourth-order valence-electron chi connectivity index (χ4n) is 4.38. The number of benzene rings is 4. The quantitative estimate of drug-likeness (QED) is 0.404. The molecule has 1 aliphatic rings. The Labute approximate surface area is 166 Å². The summed E-state index contributed by atoms with van der Waals surface area (Å²) in [7, 11) is 0. The van der Waals surface area contributed by atoms with Gasteiger partial charge in [-0.05, 0) is 35.2 Å². The molecule has 0 unspecified atom stereocenters. The molecule has 0 aliphatic heterocycles. The molecule has 134 valence electrons. The van der Waals surface area contributed by atoms with Crippen LogP contribution in [0.4, 0.5) is 5.69 Å². The third-order valence-electron chi connectivity index (χ3n) is 5.66. The van der Waals surface area contributed by atoms with E-state index in [-0.39, 0.29) is 5.41 Å². The summed E-state index contributed by atoms with van der Waals surface area (Å²) in [5, 5.41) is 0. The van der Waals surface area contributed by atoms with Gasteiger partial charge < -0.3 is 0 Å². The molecule has 0 spiro atoms. The minimum Gasteiger partial charge on any atom is -0.252 e. The number of fused-ring (bicyclic) bond motifs is 1. The van der Waals surface area contributed by atoms with Crippen molar-refractivity contribution in [2.75, 3.05) is 0 Å². The van der Waals surface area contributed by atoms with Gasteiger partial charge >= 0.3 is 0 Å². The van der Waals surface area contributed by atoms with E-state index in [4.69, 9.17) is 4.99 Å². The molecule has 0 atom stereocenters. The number of hydrogen-bond donors (Lipinski definition) is 0. The summed E-state index contributed by atoms with van der Waals surface area (Å²) in [6.45, 7) is 0. The van der Waals surface area contributed by atoms with Gasteiger partial charge in [0, 0.05) is 5.56 Å². The maximum absolute atomic E-state index is 5.22. The average Bonchev–Trinajstić information content (AvgIpc) is 3.11. The third-order valence-corrected chi connectivity index (χ3v) is 5.66. The smallest absolute Gasteiger partial charge is 0.0670 e. The van der Waals surface area contributed by atoms with Crippen molar-refractivity contribution in [3.8, 4) is 0 Å². The van der Waals surface area contributed by atoms with Crippen molar-refractivity contribution in [2.24, 2.45) is 4.99 Å². The summed E-state index contributed by atoms with van der Waals surface area (Å²) in [6, 6.07) is 40.6. The molecule has 0 N–H and O–H groups in total. The van der Waals surface area contributed by atoms with Gasteiger partial charge in [0.05, 0.1) is 16.8 Å². The zero-order valence-electron chi connectivity index (χ0n) is 15.6. The average molecular weight is 359 g/mol. The Morgan fingerprint density at radius 1 is 0.536 bits per heavy atom. The number of nitrogens with zero attached hydrogens (tertiary/aromatic N) is 1. The lowest BCUT2D eigenvalue weighted by Gasteiger charge is -2.32. The van der Waals surface area contributed by atoms with E-state index in [0.29, 0.717) is 0 Å². The maximum Gasteiger partial charge on any atom is 0.0670 e. The lowest BCUT2D eigenvalue weighted by Crippen LogP contribution is -2.35. The highest BCUT2D eigenvalue weighted by molar-refractivity contribution is 6.15. The molecule has 1 heteroatoms. The summed E-state index contributed by atoms with van der Waals surface area (Å²) in [4.78, 5) is 5.22. The molecule has 0 aromatic heterocycles. The first-order chi connectivity index (χ1) is 13.9. The Morgan fingerprint density at radius 3 is 1.64 bits per heavy atom. The van der Waals surface area contributed by atoms with Crippen LogP contribution in [-0.4, -0.2) is 5.71 Å². The molecule has 0 radical (unpaired) electrons. The number of aliphatic imine (C=N–C) groups is 1. The first-order valence-corrected chi connectivity index (χ1v) is 9.71. The number of rotatable bonds is 3. The minimum absolute atomic E-state index is 0.290. The summed E-state index contributed by atoms with van der Waals surface area (Å²) < 4.78 is 0. The summed E-state index contributed by atoms with van der Waals surface area (Å²) in [5.74, 6) is 0. The van der Waals surface area contributed by atoms with E-state index in [1.54, 1.807) is 0 Å². The Hall–Kier alpha value is -3.45. The van der Waals surface area contributed by atoms with Crippen LogP contribution in [0.1, 0.15) is 22.3 Å². The predicted octanol–water partition coefficient (Wildman–Crippen LogP) is 6.35. The molecule has 0 bridgehead atoms. The number of para-hydroxylation sites is 1. The predicted molar refractivity (Wildman–Crippen MR) is 116 cm³/mol. The van der Waals surface area contributed by atoms with Crippen molar-refractivity contribution < 1.29 is 0 Å². The SMILES string of the molecule is c1ccc(/N=C2\c3ccccc3CC2(c2ccccc2)c2ccccc2)cc1. The second-order valence-electron chi connectivity index (χ2n) is 7.27. The van der Waals surface area contributed by atoms with Gasteiger partial charge in [0.25, 0.3) is 0 Å². The molecule has 5 rings (SSSR count). The summed E-state index contributed by atoms with van der Waals surface area (Å²) >= 11 is 0. The zero-order chi connectivity index (χ0) is 18.8. The Bertz CT molecular complexity index is 1070. The van der Waals surface area contributed by atoms with E-state index in [1.165, 1.54) is 22.3 Å². The van der Waals surface area contributed by atoms with E-state index in [0.717, 1.165) is 17.8 Å². The molecule has 28 heavy (non-hydrogen) atoms. The normalized spacial score (nSPS) is 16.1. The van der Waals surface area contributed by atoms with Crippen LogP contribution in [0.15, 0.2) is 120 Å². The zero-order valence-corrected chi connectivity index (χ0v) is 15.6. The van der Waals surface area contributed by atoms with Crippen molar-refractivity contribution in [2.45, 2.75) is 11.8 Å². The van der Waals surface area contributed by atoms with Crippen LogP contribution < -0.4 is 0 Å². The maximum atomic E-state index is 5.22. The van der Waals surface area contributed by atoms with Gasteiger partial charge in [-0.25, -0.2) is 0 Å². The Kier molecular flexibility index (Phi) is 4.14. The molecule has 0 fully saturated rings. The highest BCUT2D eigenvalue weighted by Gasteiger charge is 2.46. The van der Waals surface area contributed by atoms with Crippen LogP contribution in [0.25, 0.3) is 0 Å². The molecular weight excluding hydrogens is 338 g/mol. The van der Waals surface area contributed by atoms with Gasteiger partial charge in [-0.2, -0.15) is 0 Å². The number of hydrogen-bond acceptors (Lipinski definition) is 1. The Balaban J connectivity index is 1.84. The van der Waals surface area contributed by atoms with Crippen LogP contribution in [0, 0.1) is 0 Å². The molecule has 0 heterocycles. The standard InChI is InChI=1S/C27H21N/c1-4-13-22(14-5-1)27(23-15-6-2-7-16-23)20-21-12-10-11-19-25(21)26(27)28-24-17-8-3-9-18-24/h1-19H,20H2/b28-26+. The van der Waals surface area contributed by atoms with Crippen molar-refractivity contribution in [3.05, 3.63) is 138 Å². The van der Waals surface area contributed by atoms with E-state index >= 15 is 0 Å². The molecule has 0 saturated carbocycles. The van der Waals surface area contributed by atoms with E-state index in [9.17, 15) is 0 Å². The summed E-state index contributed by atoms with van der Waals surface area (Å²) in [5.41, 5.74) is 7.00. The summed E-state index contributed by atoms with van der Waals surface area (Å²) in [6.07, 6.45) is 0.920. The molecule has 0 amide bonds. The van der Waals surface area contributed by atoms with E-state index in [2.05, 4.69) is 97.1 Å². The van der Waals surface area contributed by atoms with Crippen molar-refractivity contribution in [3.63, 3.8) is 0 Å². The lowest BCUT2D eigenvalue weighted by atomic mass is 9.71. The first kappa shape index (κ1) is 16.7. The monoisotopic (exact) mass is 359 g/mol. The molecule has 0 saturated heterocycles. The van der Waals surface area contributed by atoms with Crippen LogP contribution in [-0.2, 0) is 11.8 Å². The van der Waals surface area contributed by atoms with Crippen molar-refractivity contribution in [1.82, 2.24) is 0 Å². The highest BCUT2D eigenvalue weighted by atomic mass is 14.8. The van der Waals surface area contributed by atoms with Gasteiger partial charge in [0.15, 0.2) is 0 Å². The molecular formula is C27H21N. The van der Waals surface area contributed by atoms with Crippen molar-refractivity contribution in [1.29, 1.82) is 0 Å². The molecule has 1 nitrogen and oxygen atoms in total. The van der Waals surface area contributed by atoms with Crippen LogP contribution in [0.5, 0.6) is 0 Å². The fourth-order valence-corrected chi connectivity index (χ4v) is 4.38. The van der Waals surface area contributed by atoms with Gasteiger partial charge in [-0.15, -0.1) is 0 Å². The van der Waals surface area contributed by atoms with Gasteiger partial charge in [0.2, 0.25) is 0 Å². The van der Waals surface area contributed by atoms with Crippen LogP contribution >= 0.6 is 0 Å². The second kappa shape index (κ2) is 6.94. The molecule has 4 aromatic carbocycles. The van der Waals surface area contributed by atoms with E-state index in [1.807, 2.05) is 18.2 Å². The first-order valence-electron chi connectivity index (χ1n) is 9.71. The van der Waals surface area contributed by atoms with Crippen LogP contribution in [0.2, 0.25) is 0 Å². The fraction of sp³-hybridized carbons (Fsp3) is 0.0741. The molecule has 1 aliphatic carbocycles. The van der Waals surface area contributed by atoms with Gasteiger partial charge in [0.1, 0.15) is 0 Å². The third kappa shape index (κ3) is 2.68. The highest BCUT2D eigenvalue weighted by Crippen LogP contribution is 2.46. The minimum atomic E-state index is -0.290. The second-order valence-corrected chi connectivity index (χ2v) is 7.27.